The fraction of sp³-hybridized carbons (Fsp3) is 0.118. The van der Waals surface area contributed by atoms with Crippen LogP contribution in [0.1, 0.15) is 11.3 Å². The van der Waals surface area contributed by atoms with Gasteiger partial charge in [-0.05, 0) is 35.9 Å². The average Bonchev–Trinajstić information content (AvgIpc) is 2.52. The highest BCUT2D eigenvalue weighted by Gasteiger charge is 2.02. The molecule has 3 aromatic rings. The van der Waals surface area contributed by atoms with Gasteiger partial charge in [-0.25, -0.2) is 4.98 Å². The summed E-state index contributed by atoms with van der Waals surface area (Å²) in [5.74, 6) is 1.27. The van der Waals surface area contributed by atoms with Crippen LogP contribution >= 0.6 is 23.2 Å². The number of nitrogens with zero attached hydrogens (tertiary/aromatic N) is 1. The van der Waals surface area contributed by atoms with E-state index in [1.807, 2.05) is 54.6 Å². The predicted molar refractivity (Wildman–Crippen MR) is 87.1 cm³/mol. The van der Waals surface area contributed by atoms with Gasteiger partial charge in [-0.15, -0.1) is 11.6 Å². The van der Waals surface area contributed by atoms with Crippen molar-refractivity contribution in [1.29, 1.82) is 0 Å². The van der Waals surface area contributed by atoms with Crippen molar-refractivity contribution in [1.82, 2.24) is 4.98 Å². The van der Waals surface area contributed by atoms with Gasteiger partial charge < -0.3 is 4.74 Å². The van der Waals surface area contributed by atoms with E-state index in [0.29, 0.717) is 17.5 Å². The third-order valence-electron chi connectivity index (χ3n) is 3.15. The minimum Gasteiger partial charge on any atom is -0.487 e. The molecule has 0 amide bonds. The molecule has 0 saturated heterocycles. The Bertz CT molecular complexity index is 774. The second-order valence-electron chi connectivity index (χ2n) is 4.71. The van der Waals surface area contributed by atoms with Crippen LogP contribution in [-0.2, 0) is 12.5 Å². The first-order valence-corrected chi connectivity index (χ1v) is 7.49. The van der Waals surface area contributed by atoms with Gasteiger partial charge in [-0.2, -0.15) is 0 Å². The van der Waals surface area contributed by atoms with Crippen molar-refractivity contribution < 1.29 is 4.74 Å². The van der Waals surface area contributed by atoms with Crippen molar-refractivity contribution in [3.63, 3.8) is 0 Å². The molecule has 21 heavy (non-hydrogen) atoms. The van der Waals surface area contributed by atoms with E-state index in [0.717, 1.165) is 27.9 Å². The van der Waals surface area contributed by atoms with Gasteiger partial charge in [0.2, 0.25) is 0 Å². The summed E-state index contributed by atoms with van der Waals surface area (Å²) < 4.78 is 5.76. The zero-order valence-corrected chi connectivity index (χ0v) is 12.7. The molecule has 2 nitrogen and oxygen atoms in total. The Hall–Kier alpha value is -1.77. The predicted octanol–water partition coefficient (Wildman–Crippen LogP) is 5.21. The van der Waals surface area contributed by atoms with E-state index < -0.39 is 0 Å². The van der Waals surface area contributed by atoms with Crippen LogP contribution in [-0.4, -0.2) is 4.98 Å². The summed E-state index contributed by atoms with van der Waals surface area (Å²) in [6.07, 6.45) is 0. The number of ether oxygens (including phenoxy) is 1. The molecule has 0 atom stereocenters. The fourth-order valence-electron chi connectivity index (χ4n) is 2.09. The molecule has 4 heteroatoms. The van der Waals surface area contributed by atoms with E-state index in [1.165, 1.54) is 0 Å². The maximum atomic E-state index is 5.99. The minimum atomic E-state index is 0.411. The molecule has 0 saturated carbocycles. The third kappa shape index (κ3) is 3.46. The highest BCUT2D eigenvalue weighted by Crippen LogP contribution is 2.19. The van der Waals surface area contributed by atoms with E-state index >= 15 is 0 Å². The van der Waals surface area contributed by atoms with Crippen LogP contribution in [0.5, 0.6) is 5.75 Å². The van der Waals surface area contributed by atoms with Crippen molar-refractivity contribution in [2.75, 3.05) is 0 Å². The van der Waals surface area contributed by atoms with Crippen LogP contribution in [0, 0.1) is 0 Å². The first kappa shape index (κ1) is 14.2. The van der Waals surface area contributed by atoms with Gasteiger partial charge in [0.25, 0.3) is 0 Å². The third-order valence-corrected chi connectivity index (χ3v) is 3.69. The second-order valence-corrected chi connectivity index (χ2v) is 5.41. The molecule has 0 spiro atoms. The fourth-order valence-corrected chi connectivity index (χ4v) is 2.42. The van der Waals surface area contributed by atoms with E-state index in [4.69, 9.17) is 27.9 Å². The molecule has 1 aromatic heterocycles. The van der Waals surface area contributed by atoms with Gasteiger partial charge in [0.1, 0.15) is 12.4 Å². The van der Waals surface area contributed by atoms with Crippen molar-refractivity contribution in [3.05, 3.63) is 70.9 Å². The molecule has 1 heterocycles. The number of pyridine rings is 1. The Labute approximate surface area is 133 Å². The molecule has 2 aromatic carbocycles. The van der Waals surface area contributed by atoms with Gasteiger partial charge in [-0.1, -0.05) is 35.9 Å². The van der Waals surface area contributed by atoms with Crippen LogP contribution in [0.4, 0.5) is 0 Å². The van der Waals surface area contributed by atoms with Gasteiger partial charge in [0.05, 0.1) is 11.2 Å². The summed E-state index contributed by atoms with van der Waals surface area (Å²) >= 11 is 11.8. The largest absolute Gasteiger partial charge is 0.487 e. The Morgan fingerprint density at radius 1 is 1.00 bits per heavy atom. The first-order valence-electron chi connectivity index (χ1n) is 6.57. The van der Waals surface area contributed by atoms with E-state index in [-0.39, 0.29) is 0 Å². The summed E-state index contributed by atoms with van der Waals surface area (Å²) in [6.45, 7) is 0.411. The van der Waals surface area contributed by atoms with Crippen LogP contribution in [0.3, 0.4) is 0 Å². The molecule has 0 aliphatic carbocycles. The lowest BCUT2D eigenvalue weighted by atomic mass is 10.2. The number of alkyl halides is 1. The summed E-state index contributed by atoms with van der Waals surface area (Å²) in [7, 11) is 0. The summed E-state index contributed by atoms with van der Waals surface area (Å²) in [5, 5.41) is 1.75. The first-order chi connectivity index (χ1) is 10.2. The lowest BCUT2D eigenvalue weighted by Gasteiger charge is -2.08. The topological polar surface area (TPSA) is 22.1 Å². The Morgan fingerprint density at radius 2 is 1.86 bits per heavy atom. The SMILES string of the molecule is ClCc1cccc(OCc2ccc3ccc(Cl)cc3n2)c1. The second kappa shape index (κ2) is 6.33. The number of hydrogen-bond donors (Lipinski definition) is 0. The van der Waals surface area contributed by atoms with Crippen LogP contribution in [0.2, 0.25) is 5.02 Å². The molecule has 3 rings (SSSR count). The van der Waals surface area contributed by atoms with E-state index in [2.05, 4.69) is 4.98 Å². The molecule has 0 aliphatic heterocycles. The number of hydrogen-bond acceptors (Lipinski definition) is 2. The zero-order valence-electron chi connectivity index (χ0n) is 11.2. The Kier molecular flexibility index (Phi) is 4.28. The molecular weight excluding hydrogens is 305 g/mol. The maximum Gasteiger partial charge on any atom is 0.130 e. The van der Waals surface area contributed by atoms with Gasteiger partial charge >= 0.3 is 0 Å². The number of benzene rings is 2. The highest BCUT2D eigenvalue weighted by molar-refractivity contribution is 6.31. The lowest BCUT2D eigenvalue weighted by Crippen LogP contribution is -1.98. The van der Waals surface area contributed by atoms with Crippen LogP contribution in [0.15, 0.2) is 54.6 Å². The Morgan fingerprint density at radius 3 is 2.71 bits per heavy atom. The molecular formula is C17H13Cl2NO. The smallest absolute Gasteiger partial charge is 0.130 e. The van der Waals surface area contributed by atoms with Crippen LogP contribution in [0.25, 0.3) is 10.9 Å². The molecule has 0 unspecified atom stereocenters. The quantitative estimate of drug-likeness (QED) is 0.616. The van der Waals surface area contributed by atoms with E-state index in [9.17, 15) is 0 Å². The van der Waals surface area contributed by atoms with Crippen molar-refractivity contribution in [3.8, 4) is 5.75 Å². The zero-order chi connectivity index (χ0) is 14.7. The standard InChI is InChI=1S/C17H13Cl2NO/c18-10-12-2-1-3-16(8-12)21-11-15-7-5-13-4-6-14(19)9-17(13)20-15/h1-9H,10-11H2. The van der Waals surface area contributed by atoms with Crippen LogP contribution < -0.4 is 4.74 Å². The number of aromatic nitrogens is 1. The highest BCUT2D eigenvalue weighted by atomic mass is 35.5. The number of rotatable bonds is 4. The summed E-state index contributed by atoms with van der Waals surface area (Å²) in [5.41, 5.74) is 2.77. The molecule has 0 N–H and O–H groups in total. The van der Waals surface area contributed by atoms with Crippen molar-refractivity contribution in [2.24, 2.45) is 0 Å². The van der Waals surface area contributed by atoms with Gasteiger partial charge in [-0.3, -0.25) is 0 Å². The molecule has 0 radical (unpaired) electrons. The normalized spacial score (nSPS) is 10.8. The molecule has 0 aliphatic rings. The average molecular weight is 318 g/mol. The Balaban J connectivity index is 1.78. The van der Waals surface area contributed by atoms with Gasteiger partial charge in [0.15, 0.2) is 0 Å². The number of fused-ring (bicyclic) bond motifs is 1. The van der Waals surface area contributed by atoms with Gasteiger partial charge in [0, 0.05) is 16.3 Å². The lowest BCUT2D eigenvalue weighted by molar-refractivity contribution is 0.301. The minimum absolute atomic E-state index is 0.411. The van der Waals surface area contributed by atoms with E-state index in [1.54, 1.807) is 0 Å². The van der Waals surface area contributed by atoms with Crippen molar-refractivity contribution >= 4 is 34.1 Å². The molecule has 0 fully saturated rings. The summed E-state index contributed by atoms with van der Waals surface area (Å²) in [4.78, 5) is 4.56. The van der Waals surface area contributed by atoms with Crippen molar-refractivity contribution in [2.45, 2.75) is 12.5 Å². The maximum absolute atomic E-state index is 5.99. The summed E-state index contributed by atoms with van der Waals surface area (Å²) in [6, 6.07) is 17.4. The molecule has 0 bridgehead atoms. The number of halogens is 2. The monoisotopic (exact) mass is 317 g/mol. The molecule has 106 valence electrons.